The number of nitrogens with zero attached hydrogens (tertiary/aromatic N) is 4. The second kappa shape index (κ2) is 8.62. The summed E-state index contributed by atoms with van der Waals surface area (Å²) in [5.41, 5.74) is 14.9. The standard InChI is InChI=1S/C24H25ClN6O2/c25-20-15(7-10-28-22(20)27)5-6-16-13-29-23(18(14-32)30-16)31-11-8-24(9-12-31)21(26)17-3-1-2-4-19(17)33-24/h1-7,10,13,21,32H,8-9,11-12,14,26H2,(H2,27,28). The first-order valence-electron chi connectivity index (χ1n) is 10.8. The van der Waals surface area contributed by atoms with E-state index in [9.17, 15) is 5.11 Å². The Bertz CT molecular complexity index is 1210. The quantitative estimate of drug-likeness (QED) is 0.537. The van der Waals surface area contributed by atoms with Crippen molar-refractivity contribution in [3.63, 3.8) is 0 Å². The van der Waals surface area contributed by atoms with Gasteiger partial charge in [-0.2, -0.15) is 0 Å². The lowest BCUT2D eigenvalue weighted by molar-refractivity contribution is 0.0430. The van der Waals surface area contributed by atoms with Crippen molar-refractivity contribution in [2.45, 2.75) is 31.1 Å². The Morgan fingerprint density at radius 2 is 1.97 bits per heavy atom. The summed E-state index contributed by atoms with van der Waals surface area (Å²) in [5, 5.41) is 10.3. The third kappa shape index (κ3) is 3.90. The largest absolute Gasteiger partial charge is 0.485 e. The van der Waals surface area contributed by atoms with Crippen molar-refractivity contribution in [1.29, 1.82) is 0 Å². The Morgan fingerprint density at radius 1 is 1.18 bits per heavy atom. The molecule has 170 valence electrons. The first-order chi connectivity index (χ1) is 16.0. The number of aliphatic hydroxyl groups excluding tert-OH is 1. The van der Waals surface area contributed by atoms with E-state index in [-0.39, 0.29) is 18.5 Å². The minimum absolute atomic E-state index is 0.152. The van der Waals surface area contributed by atoms with Crippen LogP contribution in [0.4, 0.5) is 11.6 Å². The smallest absolute Gasteiger partial charge is 0.152 e. The Labute approximate surface area is 196 Å². The maximum Gasteiger partial charge on any atom is 0.152 e. The zero-order valence-corrected chi connectivity index (χ0v) is 18.7. The lowest BCUT2D eigenvalue weighted by Gasteiger charge is -2.41. The topological polar surface area (TPSA) is 123 Å². The fraction of sp³-hybridized carbons (Fsp3) is 0.292. The van der Waals surface area contributed by atoms with E-state index < -0.39 is 5.60 Å². The highest BCUT2D eigenvalue weighted by atomic mass is 35.5. The monoisotopic (exact) mass is 464 g/mol. The van der Waals surface area contributed by atoms with Crippen LogP contribution < -0.4 is 21.1 Å². The number of hydrogen-bond acceptors (Lipinski definition) is 8. The highest BCUT2D eigenvalue weighted by molar-refractivity contribution is 6.34. The van der Waals surface area contributed by atoms with Gasteiger partial charge in [-0.25, -0.2) is 15.0 Å². The van der Waals surface area contributed by atoms with E-state index in [1.165, 1.54) is 0 Å². The van der Waals surface area contributed by atoms with Crippen molar-refractivity contribution < 1.29 is 9.84 Å². The molecule has 0 amide bonds. The first-order valence-corrected chi connectivity index (χ1v) is 11.2. The molecule has 1 atom stereocenters. The second-order valence-corrected chi connectivity index (χ2v) is 8.70. The van der Waals surface area contributed by atoms with E-state index in [1.807, 2.05) is 24.3 Å². The van der Waals surface area contributed by atoms with Gasteiger partial charge < -0.3 is 26.2 Å². The van der Waals surface area contributed by atoms with E-state index >= 15 is 0 Å². The van der Waals surface area contributed by atoms with Gasteiger partial charge in [0.25, 0.3) is 0 Å². The fourth-order valence-corrected chi connectivity index (χ4v) is 4.75. The van der Waals surface area contributed by atoms with Crippen LogP contribution in [0.3, 0.4) is 0 Å². The number of hydrogen-bond donors (Lipinski definition) is 3. The molecular weight excluding hydrogens is 440 g/mol. The predicted octanol–water partition coefficient (Wildman–Crippen LogP) is 3.20. The van der Waals surface area contributed by atoms with Crippen LogP contribution in [-0.2, 0) is 6.61 Å². The van der Waals surface area contributed by atoms with Gasteiger partial charge in [-0.3, -0.25) is 0 Å². The minimum atomic E-state index is -0.401. The molecule has 1 aromatic carbocycles. The van der Waals surface area contributed by atoms with Gasteiger partial charge >= 0.3 is 0 Å². The van der Waals surface area contributed by atoms with E-state index in [0.717, 1.165) is 29.7 Å². The maximum absolute atomic E-state index is 9.96. The number of aromatic nitrogens is 3. The average molecular weight is 465 g/mol. The number of anilines is 2. The van der Waals surface area contributed by atoms with Crippen LogP contribution in [0.25, 0.3) is 12.2 Å². The zero-order chi connectivity index (χ0) is 23.0. The molecular formula is C24H25ClN6O2. The van der Waals surface area contributed by atoms with E-state index in [1.54, 1.807) is 30.6 Å². The minimum Gasteiger partial charge on any atom is -0.485 e. The lowest BCUT2D eigenvalue weighted by atomic mass is 9.83. The molecule has 33 heavy (non-hydrogen) atoms. The summed E-state index contributed by atoms with van der Waals surface area (Å²) < 4.78 is 6.33. The summed E-state index contributed by atoms with van der Waals surface area (Å²) in [4.78, 5) is 15.3. The van der Waals surface area contributed by atoms with Gasteiger partial charge in [-0.05, 0) is 23.8 Å². The van der Waals surface area contributed by atoms with Crippen molar-refractivity contribution in [3.05, 3.63) is 70.3 Å². The van der Waals surface area contributed by atoms with Gasteiger partial charge in [-0.1, -0.05) is 35.9 Å². The number of nitrogen functional groups attached to an aromatic ring is 1. The Balaban J connectivity index is 1.32. The molecule has 0 saturated carbocycles. The molecule has 0 radical (unpaired) electrons. The fourth-order valence-electron chi connectivity index (χ4n) is 4.57. The van der Waals surface area contributed by atoms with Crippen LogP contribution >= 0.6 is 11.6 Å². The Morgan fingerprint density at radius 3 is 2.73 bits per heavy atom. The van der Waals surface area contributed by atoms with Gasteiger partial charge in [0.2, 0.25) is 0 Å². The summed E-state index contributed by atoms with van der Waals surface area (Å²) in [6, 6.07) is 9.59. The number of ether oxygens (including phenoxy) is 1. The second-order valence-electron chi connectivity index (χ2n) is 8.33. The number of nitrogens with two attached hydrogens (primary N) is 2. The number of pyridine rings is 1. The zero-order valence-electron chi connectivity index (χ0n) is 18.0. The van der Waals surface area contributed by atoms with Crippen LogP contribution in [0.2, 0.25) is 5.02 Å². The van der Waals surface area contributed by atoms with Gasteiger partial charge in [-0.15, -0.1) is 0 Å². The van der Waals surface area contributed by atoms with Gasteiger partial charge in [0, 0.05) is 37.7 Å². The molecule has 2 aliphatic rings. The number of fused-ring (bicyclic) bond motifs is 1. The molecule has 1 unspecified atom stereocenters. The van der Waals surface area contributed by atoms with Crippen LogP contribution in [0.1, 0.15) is 41.4 Å². The molecule has 0 aliphatic carbocycles. The van der Waals surface area contributed by atoms with Crippen molar-refractivity contribution in [3.8, 4) is 5.75 Å². The third-order valence-corrected chi connectivity index (χ3v) is 6.83. The van der Waals surface area contributed by atoms with Crippen molar-refractivity contribution in [1.82, 2.24) is 15.0 Å². The number of benzene rings is 1. The normalized spacial score (nSPS) is 19.1. The van der Waals surface area contributed by atoms with Crippen LogP contribution in [0.15, 0.2) is 42.7 Å². The first kappa shape index (κ1) is 21.6. The van der Waals surface area contributed by atoms with Gasteiger partial charge in [0.15, 0.2) is 5.82 Å². The van der Waals surface area contributed by atoms with Gasteiger partial charge in [0.05, 0.1) is 29.6 Å². The van der Waals surface area contributed by atoms with Crippen LogP contribution in [0, 0.1) is 0 Å². The van der Waals surface area contributed by atoms with Crippen molar-refractivity contribution >= 4 is 35.4 Å². The molecule has 1 spiro atoms. The number of rotatable bonds is 4. The molecule has 2 aliphatic heterocycles. The molecule has 1 saturated heterocycles. The number of para-hydroxylation sites is 1. The molecule has 5 N–H and O–H groups in total. The molecule has 4 heterocycles. The van der Waals surface area contributed by atoms with E-state index in [0.29, 0.717) is 35.3 Å². The molecule has 1 fully saturated rings. The van der Waals surface area contributed by atoms with Crippen molar-refractivity contribution in [2.75, 3.05) is 23.7 Å². The van der Waals surface area contributed by atoms with E-state index in [2.05, 4.69) is 19.9 Å². The number of piperidine rings is 1. The Kier molecular flexibility index (Phi) is 5.65. The lowest BCUT2D eigenvalue weighted by Crippen LogP contribution is -2.51. The molecule has 3 aromatic rings. The van der Waals surface area contributed by atoms with E-state index in [4.69, 9.17) is 27.8 Å². The van der Waals surface area contributed by atoms with Gasteiger partial charge in [0.1, 0.15) is 22.9 Å². The SMILES string of the molecule is Nc1nccc(C=Cc2cnc(N3CCC4(CC3)Oc3ccccc3C4N)c(CO)n2)c1Cl. The third-order valence-electron chi connectivity index (χ3n) is 6.41. The predicted molar refractivity (Wildman–Crippen MR) is 129 cm³/mol. The highest BCUT2D eigenvalue weighted by Gasteiger charge is 2.48. The van der Waals surface area contributed by atoms with Crippen LogP contribution in [0.5, 0.6) is 5.75 Å². The highest BCUT2D eigenvalue weighted by Crippen LogP contribution is 2.47. The molecule has 2 aromatic heterocycles. The van der Waals surface area contributed by atoms with Crippen molar-refractivity contribution in [2.24, 2.45) is 5.73 Å². The molecule has 5 rings (SSSR count). The summed E-state index contributed by atoms with van der Waals surface area (Å²) >= 11 is 6.20. The maximum atomic E-state index is 9.96. The molecule has 8 nitrogen and oxygen atoms in total. The Hall–Kier alpha value is -3.20. The summed E-state index contributed by atoms with van der Waals surface area (Å²) in [7, 11) is 0. The number of aliphatic hydroxyl groups is 1. The summed E-state index contributed by atoms with van der Waals surface area (Å²) in [6.45, 7) is 1.21. The molecule has 0 bridgehead atoms. The number of halogens is 1. The summed E-state index contributed by atoms with van der Waals surface area (Å²) in [5.74, 6) is 1.83. The summed E-state index contributed by atoms with van der Waals surface area (Å²) in [6.07, 6.45) is 8.38. The van der Waals surface area contributed by atoms with Crippen LogP contribution in [-0.4, -0.2) is 38.7 Å². The molecule has 9 heteroatoms. The average Bonchev–Trinajstić information content (AvgIpc) is 3.11.